The highest BCUT2D eigenvalue weighted by Gasteiger charge is 2.16. The molecular formula is C18H26ClN3O2. The van der Waals surface area contributed by atoms with E-state index < -0.39 is 0 Å². The Morgan fingerprint density at radius 2 is 2.00 bits per heavy atom. The van der Waals surface area contributed by atoms with E-state index in [1.165, 1.54) is 0 Å². The lowest BCUT2D eigenvalue weighted by molar-refractivity contribution is -0.130. The quantitative estimate of drug-likeness (QED) is 0.800. The highest BCUT2D eigenvalue weighted by atomic mass is 35.5. The number of nitrogens with zero attached hydrogens (tertiary/aromatic N) is 2. The maximum atomic E-state index is 12.1. The first-order chi connectivity index (χ1) is 11.6. The number of halogens is 1. The summed E-state index contributed by atoms with van der Waals surface area (Å²) in [6.45, 7) is 2.68. The Balaban J connectivity index is 1.66. The number of rotatable bonds is 6. The zero-order valence-corrected chi connectivity index (χ0v) is 15.0. The largest absolute Gasteiger partial charge is 0.343 e. The minimum Gasteiger partial charge on any atom is -0.343 e. The fourth-order valence-electron chi connectivity index (χ4n) is 2.81. The number of carbonyl (C=O) groups is 2. The summed E-state index contributed by atoms with van der Waals surface area (Å²) in [4.78, 5) is 27.6. The molecule has 1 N–H and O–H groups in total. The van der Waals surface area contributed by atoms with E-state index in [9.17, 15) is 9.59 Å². The van der Waals surface area contributed by atoms with Gasteiger partial charge in [-0.05, 0) is 37.0 Å². The third kappa shape index (κ3) is 6.04. The van der Waals surface area contributed by atoms with Crippen LogP contribution in [0.15, 0.2) is 24.3 Å². The van der Waals surface area contributed by atoms with Crippen molar-refractivity contribution in [3.63, 3.8) is 0 Å². The average Bonchev–Trinajstić information content (AvgIpc) is 2.78. The summed E-state index contributed by atoms with van der Waals surface area (Å²) in [5.41, 5.74) is 1.03. The standard InChI is InChI=1S/C18H26ClN3O2/c1-21(14-15-7-9-16(19)10-8-15)18(24)20-11-5-13-22-12-4-2-3-6-17(22)23/h7-10H,2-6,11-14H2,1H3,(H,20,24). The Labute approximate surface area is 149 Å². The van der Waals surface area contributed by atoms with Crippen LogP contribution >= 0.6 is 11.6 Å². The Morgan fingerprint density at radius 1 is 1.25 bits per heavy atom. The van der Waals surface area contributed by atoms with E-state index >= 15 is 0 Å². The van der Waals surface area contributed by atoms with Gasteiger partial charge in [0, 0.05) is 44.7 Å². The summed E-state index contributed by atoms with van der Waals surface area (Å²) in [6, 6.07) is 7.36. The molecule has 0 atom stereocenters. The van der Waals surface area contributed by atoms with Crippen LogP contribution in [0.4, 0.5) is 4.79 Å². The summed E-state index contributed by atoms with van der Waals surface area (Å²) < 4.78 is 0. The fourth-order valence-corrected chi connectivity index (χ4v) is 2.94. The average molecular weight is 352 g/mol. The van der Waals surface area contributed by atoms with Gasteiger partial charge >= 0.3 is 6.03 Å². The lowest BCUT2D eigenvalue weighted by Crippen LogP contribution is -2.39. The van der Waals surface area contributed by atoms with E-state index in [0.29, 0.717) is 24.5 Å². The molecule has 0 radical (unpaired) electrons. The molecule has 1 saturated heterocycles. The van der Waals surface area contributed by atoms with Crippen molar-refractivity contribution in [2.24, 2.45) is 0 Å². The van der Waals surface area contributed by atoms with E-state index in [0.717, 1.165) is 44.3 Å². The van der Waals surface area contributed by atoms with Crippen molar-refractivity contribution in [3.8, 4) is 0 Å². The molecule has 1 aromatic carbocycles. The Bertz CT molecular complexity index is 548. The van der Waals surface area contributed by atoms with Crippen LogP contribution in [0.3, 0.4) is 0 Å². The van der Waals surface area contributed by atoms with Gasteiger partial charge in [-0.25, -0.2) is 4.79 Å². The van der Waals surface area contributed by atoms with Gasteiger partial charge in [-0.15, -0.1) is 0 Å². The second kappa shape index (κ2) is 9.52. The van der Waals surface area contributed by atoms with Gasteiger partial charge in [0.25, 0.3) is 0 Å². The predicted molar refractivity (Wildman–Crippen MR) is 96.0 cm³/mol. The first-order valence-electron chi connectivity index (χ1n) is 8.57. The molecule has 0 saturated carbocycles. The molecule has 0 unspecified atom stereocenters. The number of nitrogens with one attached hydrogen (secondary N) is 1. The van der Waals surface area contributed by atoms with E-state index in [-0.39, 0.29) is 11.9 Å². The second-order valence-electron chi connectivity index (χ2n) is 6.26. The van der Waals surface area contributed by atoms with Gasteiger partial charge in [-0.3, -0.25) is 4.79 Å². The molecular weight excluding hydrogens is 326 g/mol. The molecule has 6 heteroatoms. The SMILES string of the molecule is CN(Cc1ccc(Cl)cc1)C(=O)NCCCN1CCCCCC1=O. The molecule has 0 spiro atoms. The number of carbonyl (C=O) groups excluding carboxylic acids is 2. The fraction of sp³-hybridized carbons (Fsp3) is 0.556. The van der Waals surface area contributed by atoms with Crippen molar-refractivity contribution in [2.45, 2.75) is 38.6 Å². The highest BCUT2D eigenvalue weighted by Crippen LogP contribution is 2.12. The van der Waals surface area contributed by atoms with Gasteiger partial charge in [0.2, 0.25) is 5.91 Å². The first-order valence-corrected chi connectivity index (χ1v) is 8.95. The topological polar surface area (TPSA) is 52.7 Å². The molecule has 2 rings (SSSR count). The van der Waals surface area contributed by atoms with Crippen LogP contribution in [0, 0.1) is 0 Å². The van der Waals surface area contributed by atoms with Crippen LogP contribution in [-0.4, -0.2) is 48.4 Å². The molecule has 0 aromatic heterocycles. The molecule has 5 nitrogen and oxygen atoms in total. The van der Waals surface area contributed by atoms with Gasteiger partial charge in [0.1, 0.15) is 0 Å². The van der Waals surface area contributed by atoms with Crippen molar-refractivity contribution in [2.75, 3.05) is 26.7 Å². The molecule has 1 aromatic rings. The van der Waals surface area contributed by atoms with E-state index in [1.807, 2.05) is 29.2 Å². The molecule has 1 heterocycles. The number of hydrogen-bond acceptors (Lipinski definition) is 2. The van der Waals surface area contributed by atoms with Crippen molar-refractivity contribution in [1.82, 2.24) is 15.1 Å². The minimum atomic E-state index is -0.104. The first kappa shape index (κ1) is 18.6. The summed E-state index contributed by atoms with van der Waals surface area (Å²) in [5.74, 6) is 0.249. The van der Waals surface area contributed by atoms with Crippen LogP contribution in [0.1, 0.15) is 37.7 Å². The van der Waals surface area contributed by atoms with Gasteiger partial charge in [0.15, 0.2) is 0 Å². The third-order valence-corrected chi connectivity index (χ3v) is 4.48. The number of hydrogen-bond donors (Lipinski definition) is 1. The Morgan fingerprint density at radius 3 is 2.75 bits per heavy atom. The zero-order chi connectivity index (χ0) is 17.4. The van der Waals surface area contributed by atoms with Crippen LogP contribution in [0.2, 0.25) is 5.02 Å². The molecule has 0 aliphatic carbocycles. The zero-order valence-electron chi connectivity index (χ0n) is 14.3. The van der Waals surface area contributed by atoms with Crippen LogP contribution in [0.5, 0.6) is 0 Å². The molecule has 1 fully saturated rings. The van der Waals surface area contributed by atoms with E-state index in [2.05, 4.69) is 5.32 Å². The summed E-state index contributed by atoms with van der Waals surface area (Å²) in [6.07, 6.45) is 4.67. The molecule has 3 amide bonds. The van der Waals surface area contributed by atoms with E-state index in [1.54, 1.807) is 11.9 Å². The van der Waals surface area contributed by atoms with Crippen molar-refractivity contribution in [1.29, 1.82) is 0 Å². The number of amides is 3. The normalized spacial score (nSPS) is 15.1. The van der Waals surface area contributed by atoms with Crippen molar-refractivity contribution < 1.29 is 9.59 Å². The summed E-state index contributed by atoms with van der Waals surface area (Å²) in [7, 11) is 1.77. The maximum Gasteiger partial charge on any atom is 0.317 e. The summed E-state index contributed by atoms with van der Waals surface area (Å²) >= 11 is 5.86. The van der Waals surface area contributed by atoms with Gasteiger partial charge < -0.3 is 15.1 Å². The molecule has 1 aliphatic rings. The van der Waals surface area contributed by atoms with Gasteiger partial charge in [0.05, 0.1) is 0 Å². The number of benzene rings is 1. The smallest absolute Gasteiger partial charge is 0.317 e. The summed E-state index contributed by atoms with van der Waals surface area (Å²) in [5, 5.41) is 3.60. The predicted octanol–water partition coefficient (Wildman–Crippen LogP) is 3.27. The molecule has 24 heavy (non-hydrogen) atoms. The van der Waals surface area contributed by atoms with Gasteiger partial charge in [-0.2, -0.15) is 0 Å². The third-order valence-electron chi connectivity index (χ3n) is 4.23. The Hall–Kier alpha value is -1.75. The van der Waals surface area contributed by atoms with Crippen molar-refractivity contribution in [3.05, 3.63) is 34.9 Å². The molecule has 132 valence electrons. The highest BCUT2D eigenvalue weighted by molar-refractivity contribution is 6.30. The minimum absolute atomic E-state index is 0.104. The monoisotopic (exact) mass is 351 g/mol. The molecule has 0 bridgehead atoms. The Kier molecular flexibility index (Phi) is 7.37. The number of urea groups is 1. The van der Waals surface area contributed by atoms with Crippen LogP contribution in [0.25, 0.3) is 0 Å². The van der Waals surface area contributed by atoms with E-state index in [4.69, 9.17) is 11.6 Å². The van der Waals surface area contributed by atoms with Crippen LogP contribution in [-0.2, 0) is 11.3 Å². The number of likely N-dealkylation sites (tertiary alicyclic amines) is 1. The van der Waals surface area contributed by atoms with Crippen molar-refractivity contribution >= 4 is 23.5 Å². The second-order valence-corrected chi connectivity index (χ2v) is 6.70. The van der Waals surface area contributed by atoms with Crippen LogP contribution < -0.4 is 5.32 Å². The lowest BCUT2D eigenvalue weighted by Gasteiger charge is -2.21. The molecule has 1 aliphatic heterocycles. The van der Waals surface area contributed by atoms with Gasteiger partial charge in [-0.1, -0.05) is 30.2 Å². The maximum absolute atomic E-state index is 12.1. The lowest BCUT2D eigenvalue weighted by atomic mass is 10.2.